The van der Waals surface area contributed by atoms with E-state index in [9.17, 15) is 10.5 Å². The highest BCUT2D eigenvalue weighted by Crippen LogP contribution is 2.53. The van der Waals surface area contributed by atoms with Crippen LogP contribution in [0.5, 0.6) is 0 Å². The van der Waals surface area contributed by atoms with Crippen LogP contribution in [0, 0.1) is 22.7 Å². The van der Waals surface area contributed by atoms with Crippen LogP contribution in [0.1, 0.15) is 22.6 Å². The van der Waals surface area contributed by atoms with Crippen LogP contribution in [-0.2, 0) is 0 Å². The van der Waals surface area contributed by atoms with Crippen molar-refractivity contribution in [3.8, 4) is 23.5 Å². The Bertz CT molecular complexity index is 2820. The monoisotopic (exact) mass is 625 g/mol. The molecule has 10 rings (SSSR count). The molecule has 0 fully saturated rings. The van der Waals surface area contributed by atoms with Crippen molar-refractivity contribution in [3.05, 3.63) is 168 Å². The summed E-state index contributed by atoms with van der Waals surface area (Å²) in [6.07, 6.45) is 8.84. The summed E-state index contributed by atoms with van der Waals surface area (Å²) in [5.74, 6) is 0.0848. The molecule has 2 aliphatic rings. The maximum atomic E-state index is 10.2. The standard InChI is InChI=1S/C44H27N5/c45-26-28-12-4-8-18-35(28)48-37-20-10-6-16-33(37)41-39(48)24-22-31-32-23-25-40-42(44(32)47(43(31)41)30-14-2-1-3-15-30)34-17-7-11-21-38(34)49(40)36-19-9-5-13-29(36)27-46/h1-25,33,37H. The molecular formula is C44H27N5. The topological polar surface area (TPSA) is 60.7 Å². The van der Waals surface area contributed by atoms with E-state index in [-0.39, 0.29) is 12.0 Å². The predicted molar refractivity (Wildman–Crippen MR) is 198 cm³/mol. The van der Waals surface area contributed by atoms with E-state index in [0.29, 0.717) is 11.1 Å². The van der Waals surface area contributed by atoms with Gasteiger partial charge in [-0.25, -0.2) is 0 Å². The minimum atomic E-state index is 0.0340. The Labute approximate surface area is 282 Å². The number of anilines is 2. The first-order valence-electron chi connectivity index (χ1n) is 16.5. The second-order valence-electron chi connectivity index (χ2n) is 12.7. The predicted octanol–water partition coefficient (Wildman–Crippen LogP) is 10.4. The van der Waals surface area contributed by atoms with Gasteiger partial charge in [0, 0.05) is 44.4 Å². The molecule has 0 N–H and O–H groups in total. The van der Waals surface area contributed by atoms with Crippen LogP contribution in [0.15, 0.2) is 152 Å². The molecule has 2 unspecified atom stereocenters. The Morgan fingerprint density at radius 3 is 1.96 bits per heavy atom. The lowest BCUT2D eigenvalue weighted by Gasteiger charge is -2.29. The summed E-state index contributed by atoms with van der Waals surface area (Å²) in [6.45, 7) is 0. The molecule has 0 saturated carbocycles. The minimum absolute atomic E-state index is 0.0340. The summed E-state index contributed by atoms with van der Waals surface area (Å²) >= 11 is 0. The first-order chi connectivity index (χ1) is 24.3. The van der Waals surface area contributed by atoms with Crippen molar-refractivity contribution in [3.63, 3.8) is 0 Å². The zero-order valence-corrected chi connectivity index (χ0v) is 26.3. The number of benzene rings is 6. The average molecular weight is 626 g/mol. The third-order valence-corrected chi connectivity index (χ3v) is 10.3. The molecule has 6 aromatic carbocycles. The fourth-order valence-electron chi connectivity index (χ4n) is 8.39. The molecule has 1 aliphatic heterocycles. The third kappa shape index (κ3) is 3.67. The number of nitrogens with zero attached hydrogens (tertiary/aromatic N) is 5. The molecule has 0 amide bonds. The van der Waals surface area contributed by atoms with Crippen molar-refractivity contribution in [2.45, 2.75) is 12.0 Å². The maximum absolute atomic E-state index is 10.2. The Hall–Kier alpha value is -6.82. The van der Waals surface area contributed by atoms with Crippen LogP contribution < -0.4 is 4.90 Å². The molecule has 228 valence electrons. The number of nitriles is 2. The second-order valence-corrected chi connectivity index (χ2v) is 12.7. The molecule has 8 aromatic rings. The van der Waals surface area contributed by atoms with Crippen LogP contribution in [0.3, 0.4) is 0 Å². The van der Waals surface area contributed by atoms with Crippen molar-refractivity contribution in [2.24, 2.45) is 0 Å². The van der Waals surface area contributed by atoms with Crippen molar-refractivity contribution in [1.29, 1.82) is 10.5 Å². The molecular weight excluding hydrogens is 599 g/mol. The maximum Gasteiger partial charge on any atom is 0.101 e. The quantitative estimate of drug-likeness (QED) is 0.196. The average Bonchev–Trinajstić information content (AvgIpc) is 3.80. The van der Waals surface area contributed by atoms with Crippen molar-refractivity contribution in [2.75, 3.05) is 4.90 Å². The highest BCUT2D eigenvalue weighted by molar-refractivity contribution is 6.27. The van der Waals surface area contributed by atoms with Gasteiger partial charge in [-0.2, -0.15) is 10.5 Å². The highest BCUT2D eigenvalue weighted by atomic mass is 15.2. The highest BCUT2D eigenvalue weighted by Gasteiger charge is 2.41. The molecule has 1 aliphatic carbocycles. The lowest BCUT2D eigenvalue weighted by Crippen LogP contribution is -2.29. The SMILES string of the molecule is N#Cc1ccccc1N1c2ccc3c4ccc5c(c6ccccc6n5-c5ccccc5C#N)c4n(-c4ccccc4)c3c2C2C=CC=CC21. The molecule has 49 heavy (non-hydrogen) atoms. The Balaban J connectivity index is 1.40. The van der Waals surface area contributed by atoms with Crippen molar-refractivity contribution >= 4 is 55.0 Å². The number of aromatic nitrogens is 2. The van der Waals surface area contributed by atoms with E-state index in [1.807, 2.05) is 42.5 Å². The Morgan fingerprint density at radius 2 is 1.14 bits per heavy atom. The zero-order chi connectivity index (χ0) is 32.6. The lowest BCUT2D eigenvalue weighted by atomic mass is 9.90. The molecule has 3 heterocycles. The van der Waals surface area contributed by atoms with Gasteiger partial charge in [-0.3, -0.25) is 0 Å². The van der Waals surface area contributed by atoms with Crippen LogP contribution in [0.4, 0.5) is 11.4 Å². The summed E-state index contributed by atoms with van der Waals surface area (Å²) in [5.41, 5.74) is 11.0. The van der Waals surface area contributed by atoms with E-state index >= 15 is 0 Å². The second kappa shape index (κ2) is 10.3. The normalized spacial score (nSPS) is 16.3. The number of allylic oxidation sites excluding steroid dienone is 2. The summed E-state index contributed by atoms with van der Waals surface area (Å²) in [5, 5.41) is 24.9. The van der Waals surface area contributed by atoms with Gasteiger partial charge in [0.25, 0.3) is 0 Å². The third-order valence-electron chi connectivity index (χ3n) is 10.3. The number of rotatable bonds is 3. The van der Waals surface area contributed by atoms with Gasteiger partial charge in [-0.15, -0.1) is 0 Å². The van der Waals surface area contributed by atoms with Gasteiger partial charge in [0.05, 0.1) is 50.6 Å². The van der Waals surface area contributed by atoms with Gasteiger partial charge >= 0.3 is 0 Å². The summed E-state index contributed by atoms with van der Waals surface area (Å²) in [4.78, 5) is 2.35. The summed E-state index contributed by atoms with van der Waals surface area (Å²) < 4.78 is 4.70. The molecule has 2 atom stereocenters. The summed E-state index contributed by atoms with van der Waals surface area (Å²) in [7, 11) is 0. The largest absolute Gasteiger partial charge is 0.332 e. The molecule has 0 saturated heterocycles. The summed E-state index contributed by atoms with van der Waals surface area (Å²) in [6, 6.07) is 48.8. The van der Waals surface area contributed by atoms with Gasteiger partial charge in [0.15, 0.2) is 0 Å². The van der Waals surface area contributed by atoms with E-state index in [0.717, 1.165) is 50.1 Å². The molecule has 0 radical (unpaired) electrons. The van der Waals surface area contributed by atoms with E-state index in [1.165, 1.54) is 21.9 Å². The van der Waals surface area contributed by atoms with Crippen LogP contribution in [-0.4, -0.2) is 15.2 Å². The first-order valence-corrected chi connectivity index (χ1v) is 16.5. The van der Waals surface area contributed by atoms with Crippen LogP contribution in [0.25, 0.3) is 55.0 Å². The fraction of sp³-hybridized carbons (Fsp3) is 0.0455. The van der Waals surface area contributed by atoms with Gasteiger partial charge in [-0.1, -0.05) is 97.1 Å². The smallest absolute Gasteiger partial charge is 0.101 e. The van der Waals surface area contributed by atoms with Gasteiger partial charge in [0.2, 0.25) is 0 Å². The number of para-hydroxylation sites is 4. The van der Waals surface area contributed by atoms with Gasteiger partial charge < -0.3 is 14.0 Å². The zero-order valence-electron chi connectivity index (χ0n) is 26.3. The van der Waals surface area contributed by atoms with Gasteiger partial charge in [0.1, 0.15) is 12.1 Å². The van der Waals surface area contributed by atoms with E-state index in [2.05, 4.69) is 135 Å². The molecule has 0 bridgehead atoms. The molecule has 5 heteroatoms. The number of fused-ring (bicyclic) bond motifs is 11. The van der Waals surface area contributed by atoms with Gasteiger partial charge in [-0.05, 0) is 54.6 Å². The lowest BCUT2D eigenvalue weighted by molar-refractivity contribution is 0.745. The fourth-order valence-corrected chi connectivity index (χ4v) is 8.39. The van der Waals surface area contributed by atoms with Crippen LogP contribution >= 0.6 is 0 Å². The molecule has 5 nitrogen and oxygen atoms in total. The van der Waals surface area contributed by atoms with Crippen molar-refractivity contribution in [1.82, 2.24) is 9.13 Å². The Morgan fingerprint density at radius 1 is 0.490 bits per heavy atom. The minimum Gasteiger partial charge on any atom is -0.332 e. The van der Waals surface area contributed by atoms with E-state index in [1.54, 1.807) is 0 Å². The number of hydrogen-bond donors (Lipinski definition) is 0. The molecule has 0 spiro atoms. The first kappa shape index (κ1) is 27.3. The van der Waals surface area contributed by atoms with Crippen molar-refractivity contribution < 1.29 is 0 Å². The van der Waals surface area contributed by atoms with E-state index in [4.69, 9.17) is 0 Å². The van der Waals surface area contributed by atoms with E-state index < -0.39 is 0 Å². The number of hydrogen-bond acceptors (Lipinski definition) is 3. The Kier molecular flexibility index (Phi) is 5.76. The molecule has 2 aromatic heterocycles. The van der Waals surface area contributed by atoms with Crippen LogP contribution in [0.2, 0.25) is 0 Å².